The summed E-state index contributed by atoms with van der Waals surface area (Å²) in [6.07, 6.45) is -4.68. The number of ether oxygens (including phenoxy) is 2. The lowest BCUT2D eigenvalue weighted by atomic mass is 10.1. The molecule has 0 radical (unpaired) electrons. The lowest BCUT2D eigenvalue weighted by Gasteiger charge is -2.18. The van der Waals surface area contributed by atoms with E-state index >= 15 is 0 Å². The zero-order chi connectivity index (χ0) is 16.7. The molecule has 2 aromatic rings. The fourth-order valence-corrected chi connectivity index (χ4v) is 3.17. The van der Waals surface area contributed by atoms with Crippen LogP contribution in [0.5, 0.6) is 11.5 Å². The van der Waals surface area contributed by atoms with Gasteiger partial charge in [-0.3, -0.25) is 0 Å². The first kappa shape index (κ1) is 16.9. The van der Waals surface area contributed by atoms with Crippen LogP contribution in [-0.4, -0.2) is 51.6 Å². The second-order valence-electron chi connectivity index (χ2n) is 5.26. The molecule has 0 aromatic heterocycles. The fourth-order valence-electron chi connectivity index (χ4n) is 2.44. The number of phenols is 1. The van der Waals surface area contributed by atoms with Crippen LogP contribution in [0, 0.1) is 0 Å². The van der Waals surface area contributed by atoms with Crippen molar-refractivity contribution in [1.82, 2.24) is 0 Å². The molecule has 0 amide bonds. The molecule has 1 heterocycles. The molecule has 0 aliphatic carbocycles. The molecule has 1 aliphatic rings. The van der Waals surface area contributed by atoms with E-state index in [2.05, 4.69) is 31.9 Å². The highest BCUT2D eigenvalue weighted by Gasteiger charge is 2.44. The van der Waals surface area contributed by atoms with Crippen molar-refractivity contribution in [1.29, 1.82) is 0 Å². The van der Waals surface area contributed by atoms with Gasteiger partial charge in [0.2, 0.25) is 6.29 Å². The predicted octanol–water partition coefficient (Wildman–Crippen LogP) is 1.89. The number of hydrogen-bond acceptors (Lipinski definition) is 6. The Morgan fingerprint density at radius 3 is 2.17 bits per heavy atom. The predicted molar refractivity (Wildman–Crippen MR) is 89.4 cm³/mol. The van der Waals surface area contributed by atoms with Crippen molar-refractivity contribution in [3.63, 3.8) is 0 Å². The maximum Gasteiger partial charge on any atom is 0.229 e. The largest absolute Gasteiger partial charge is 0.504 e. The van der Waals surface area contributed by atoms with E-state index in [1.54, 1.807) is 6.07 Å². The molecule has 2 aromatic carbocycles. The van der Waals surface area contributed by atoms with E-state index in [1.807, 2.05) is 12.1 Å². The first-order valence-corrected chi connectivity index (χ1v) is 8.40. The number of rotatable bonds is 3. The van der Waals surface area contributed by atoms with Crippen molar-refractivity contribution >= 4 is 42.6 Å². The Bertz CT molecular complexity index is 737. The molecule has 3 rings (SSSR count). The van der Waals surface area contributed by atoms with Crippen LogP contribution in [0.2, 0.25) is 0 Å². The Balaban J connectivity index is 1.91. The van der Waals surface area contributed by atoms with Gasteiger partial charge in [-0.25, -0.2) is 0 Å². The van der Waals surface area contributed by atoms with Gasteiger partial charge in [0.15, 0.2) is 11.5 Å². The van der Waals surface area contributed by atoms with E-state index in [-0.39, 0.29) is 11.5 Å². The quantitative estimate of drug-likeness (QED) is 0.571. The minimum Gasteiger partial charge on any atom is -0.504 e. The summed E-state index contributed by atoms with van der Waals surface area (Å²) in [6, 6.07) is 6.83. The number of aliphatic hydroxyl groups excluding tert-OH is 3. The van der Waals surface area contributed by atoms with Crippen molar-refractivity contribution in [3.05, 3.63) is 33.2 Å². The Morgan fingerprint density at radius 2 is 1.61 bits per heavy atom. The normalized spacial score (nSPS) is 27.5. The highest BCUT2D eigenvalue weighted by atomic mass is 79.9. The zero-order valence-corrected chi connectivity index (χ0v) is 14.9. The van der Waals surface area contributed by atoms with E-state index in [0.717, 1.165) is 19.7 Å². The first-order chi connectivity index (χ1) is 10.9. The number of hydrogen-bond donors (Lipinski definition) is 4. The van der Waals surface area contributed by atoms with Crippen LogP contribution in [0.1, 0.15) is 0 Å². The third kappa shape index (κ3) is 3.19. The second-order valence-corrected chi connectivity index (χ2v) is 6.97. The summed E-state index contributed by atoms with van der Waals surface area (Å²) in [5.41, 5.74) is 0. The smallest absolute Gasteiger partial charge is 0.229 e. The molecule has 1 saturated heterocycles. The van der Waals surface area contributed by atoms with Gasteiger partial charge in [-0.05, 0) is 66.9 Å². The van der Waals surface area contributed by atoms with Gasteiger partial charge in [0.05, 0.1) is 6.61 Å². The van der Waals surface area contributed by atoms with Crippen molar-refractivity contribution in [2.45, 2.75) is 24.6 Å². The topological polar surface area (TPSA) is 99.4 Å². The summed E-state index contributed by atoms with van der Waals surface area (Å²) in [5.74, 6) is -0.00831. The monoisotopic (exact) mass is 448 g/mol. The summed E-state index contributed by atoms with van der Waals surface area (Å²) in [5, 5.41) is 40.4. The van der Waals surface area contributed by atoms with Crippen LogP contribution in [-0.2, 0) is 4.74 Å². The SMILES string of the molecule is OC[C@H]1O[C@@H](Oc2cc3cc(Br)c(Br)cc3cc2O)[C@@H](O)C1O. The molecule has 124 valence electrons. The molecule has 1 fully saturated rings. The molecule has 6 nitrogen and oxygen atoms in total. The number of fused-ring (bicyclic) bond motifs is 1. The van der Waals surface area contributed by atoms with Gasteiger partial charge in [-0.2, -0.15) is 0 Å². The number of aromatic hydroxyl groups is 1. The van der Waals surface area contributed by atoms with Gasteiger partial charge in [0.25, 0.3) is 0 Å². The summed E-state index contributed by atoms with van der Waals surface area (Å²) in [4.78, 5) is 0. The lowest BCUT2D eigenvalue weighted by Crippen LogP contribution is -2.35. The van der Waals surface area contributed by atoms with Crippen molar-refractivity contribution in [2.75, 3.05) is 6.61 Å². The van der Waals surface area contributed by atoms with Gasteiger partial charge >= 0.3 is 0 Å². The van der Waals surface area contributed by atoms with E-state index in [9.17, 15) is 15.3 Å². The highest BCUT2D eigenvalue weighted by molar-refractivity contribution is 9.13. The first-order valence-electron chi connectivity index (χ1n) is 6.81. The zero-order valence-electron chi connectivity index (χ0n) is 11.7. The summed E-state index contributed by atoms with van der Waals surface area (Å²) >= 11 is 6.80. The van der Waals surface area contributed by atoms with E-state index < -0.39 is 31.2 Å². The van der Waals surface area contributed by atoms with E-state index in [0.29, 0.717) is 0 Å². The summed E-state index contributed by atoms with van der Waals surface area (Å²) < 4.78 is 12.4. The molecule has 4 atom stereocenters. The standard InChI is InChI=1S/C15H14Br2O6/c16-8-1-6-3-10(19)11(4-7(6)2-9(8)17)22-15-14(21)13(20)12(5-18)23-15/h1-4,12-15,18-21H,5H2/t12-,13?,14+,15-/m1/s1. The maximum atomic E-state index is 10.1. The van der Waals surface area contributed by atoms with Crippen molar-refractivity contribution < 1.29 is 29.9 Å². The van der Waals surface area contributed by atoms with Gasteiger partial charge in [0.1, 0.15) is 18.3 Å². The van der Waals surface area contributed by atoms with Crippen molar-refractivity contribution in [3.8, 4) is 11.5 Å². The molecule has 1 aliphatic heterocycles. The molecule has 23 heavy (non-hydrogen) atoms. The van der Waals surface area contributed by atoms with Crippen LogP contribution in [0.3, 0.4) is 0 Å². The molecule has 0 saturated carbocycles. The number of benzene rings is 2. The van der Waals surface area contributed by atoms with Gasteiger partial charge < -0.3 is 29.9 Å². The Kier molecular flexibility index (Phi) is 4.82. The molecule has 8 heteroatoms. The molecular formula is C15H14Br2O6. The lowest BCUT2D eigenvalue weighted by molar-refractivity contribution is -0.117. The summed E-state index contributed by atoms with van der Waals surface area (Å²) in [7, 11) is 0. The molecule has 0 bridgehead atoms. The van der Waals surface area contributed by atoms with Crippen LogP contribution < -0.4 is 4.74 Å². The van der Waals surface area contributed by atoms with Crippen LogP contribution in [0.4, 0.5) is 0 Å². The van der Waals surface area contributed by atoms with Gasteiger partial charge in [0, 0.05) is 8.95 Å². The average molecular weight is 450 g/mol. The Morgan fingerprint density at radius 1 is 1.00 bits per heavy atom. The second kappa shape index (κ2) is 6.54. The third-order valence-electron chi connectivity index (χ3n) is 3.70. The molecule has 4 N–H and O–H groups in total. The highest BCUT2D eigenvalue weighted by Crippen LogP contribution is 2.37. The molecular weight excluding hydrogens is 436 g/mol. The van der Waals surface area contributed by atoms with Crippen LogP contribution in [0.25, 0.3) is 10.8 Å². The fraction of sp³-hybridized carbons (Fsp3) is 0.333. The van der Waals surface area contributed by atoms with Crippen LogP contribution >= 0.6 is 31.9 Å². The van der Waals surface area contributed by atoms with Crippen molar-refractivity contribution in [2.24, 2.45) is 0 Å². The summed E-state index contributed by atoms with van der Waals surface area (Å²) in [6.45, 7) is -0.442. The van der Waals surface area contributed by atoms with Gasteiger partial charge in [-0.15, -0.1) is 0 Å². The van der Waals surface area contributed by atoms with E-state index in [4.69, 9.17) is 14.6 Å². The van der Waals surface area contributed by atoms with E-state index in [1.165, 1.54) is 6.07 Å². The van der Waals surface area contributed by atoms with Crippen LogP contribution in [0.15, 0.2) is 33.2 Å². The molecule has 0 spiro atoms. The minimum atomic E-state index is -1.32. The number of phenolic OH excluding ortho intramolecular Hbond substituents is 1. The Hall–Kier alpha value is -0.900. The number of halogens is 2. The molecule has 1 unspecified atom stereocenters. The third-order valence-corrected chi connectivity index (χ3v) is 5.54. The number of aliphatic hydroxyl groups is 3. The maximum absolute atomic E-state index is 10.1. The minimum absolute atomic E-state index is 0.113. The Labute approximate surface area is 148 Å². The van der Waals surface area contributed by atoms with Gasteiger partial charge in [-0.1, -0.05) is 0 Å². The average Bonchev–Trinajstić information content (AvgIpc) is 2.78.